The molecule has 0 radical (unpaired) electrons. The maximum atomic E-state index is 14.3. The van der Waals surface area contributed by atoms with Crippen molar-refractivity contribution in [1.29, 1.82) is 5.26 Å². The van der Waals surface area contributed by atoms with Gasteiger partial charge in [-0.2, -0.15) is 5.26 Å². The van der Waals surface area contributed by atoms with Gasteiger partial charge in [0.15, 0.2) is 0 Å². The second kappa shape index (κ2) is 14.1. The fourth-order valence-corrected chi connectivity index (χ4v) is 7.12. The van der Waals surface area contributed by atoms with Crippen LogP contribution in [0, 0.1) is 23.2 Å². The predicted molar refractivity (Wildman–Crippen MR) is 169 cm³/mol. The van der Waals surface area contributed by atoms with Crippen LogP contribution in [0.4, 0.5) is 5.69 Å². The molecule has 0 aromatic heterocycles. The van der Waals surface area contributed by atoms with Crippen LogP contribution in [0.1, 0.15) is 97.5 Å². The molecule has 226 valence electrons. The molecule has 7 heteroatoms. The maximum Gasteiger partial charge on any atom is 0.271 e. The van der Waals surface area contributed by atoms with E-state index in [0.717, 1.165) is 74.7 Å². The van der Waals surface area contributed by atoms with Crippen molar-refractivity contribution < 1.29 is 14.7 Å². The van der Waals surface area contributed by atoms with Crippen LogP contribution in [-0.2, 0) is 15.0 Å². The van der Waals surface area contributed by atoms with Gasteiger partial charge < -0.3 is 10.0 Å². The number of amides is 2. The summed E-state index contributed by atoms with van der Waals surface area (Å²) >= 11 is 6.41. The number of allylic oxidation sites excluding steroid dienone is 3. The lowest BCUT2D eigenvalue weighted by molar-refractivity contribution is -0.141. The number of benzene rings is 1. The third kappa shape index (κ3) is 6.38. The van der Waals surface area contributed by atoms with E-state index in [1.165, 1.54) is 4.90 Å². The Labute approximate surface area is 256 Å². The SMILES string of the molecule is CCCCC(CC)CN1C(=O)C(C#N)=C(C2CCCCC2)/C(=C/C=C2/N(CCCO)c3ccc(Cl)cc3C2(C)C)C1=O. The van der Waals surface area contributed by atoms with Gasteiger partial charge in [0.1, 0.15) is 11.6 Å². The summed E-state index contributed by atoms with van der Waals surface area (Å²) in [7, 11) is 0. The second-order valence-corrected chi connectivity index (χ2v) is 13.0. The molecule has 1 aromatic rings. The molecule has 1 aromatic carbocycles. The highest BCUT2D eigenvalue weighted by molar-refractivity contribution is 6.30. The van der Waals surface area contributed by atoms with E-state index in [-0.39, 0.29) is 29.9 Å². The van der Waals surface area contributed by atoms with Gasteiger partial charge in [-0.25, -0.2) is 0 Å². The molecule has 1 aliphatic carbocycles. The van der Waals surface area contributed by atoms with Crippen molar-refractivity contribution in [3.8, 4) is 6.07 Å². The number of rotatable bonds is 11. The quantitative estimate of drug-likeness (QED) is 0.211. The third-order valence-corrected chi connectivity index (χ3v) is 9.64. The van der Waals surface area contributed by atoms with Gasteiger partial charge in [0.2, 0.25) is 0 Å². The minimum atomic E-state index is -0.435. The third-order valence-electron chi connectivity index (χ3n) is 9.40. The van der Waals surface area contributed by atoms with Gasteiger partial charge in [-0.15, -0.1) is 0 Å². The zero-order chi connectivity index (χ0) is 30.4. The molecule has 4 rings (SSSR count). The van der Waals surface area contributed by atoms with Crippen LogP contribution in [0.15, 0.2) is 52.8 Å². The number of hydrogen-bond acceptors (Lipinski definition) is 5. The van der Waals surface area contributed by atoms with Crippen molar-refractivity contribution in [2.75, 3.05) is 24.6 Å². The predicted octanol–water partition coefficient (Wildman–Crippen LogP) is 7.62. The Morgan fingerprint density at radius 2 is 1.83 bits per heavy atom. The summed E-state index contributed by atoms with van der Waals surface area (Å²) in [6.07, 6.45) is 13.3. The van der Waals surface area contributed by atoms with Gasteiger partial charge >= 0.3 is 0 Å². The Morgan fingerprint density at radius 3 is 2.48 bits per heavy atom. The number of nitrogens with zero attached hydrogens (tertiary/aromatic N) is 3. The number of hydrogen-bond donors (Lipinski definition) is 1. The zero-order valence-corrected chi connectivity index (χ0v) is 26.5. The summed E-state index contributed by atoms with van der Waals surface area (Å²) in [5, 5.41) is 20.6. The fourth-order valence-electron chi connectivity index (χ4n) is 6.94. The lowest BCUT2D eigenvalue weighted by atomic mass is 9.76. The van der Waals surface area contributed by atoms with E-state index in [0.29, 0.717) is 35.7 Å². The van der Waals surface area contributed by atoms with Gasteiger partial charge in [0, 0.05) is 47.1 Å². The summed E-state index contributed by atoms with van der Waals surface area (Å²) < 4.78 is 0. The van der Waals surface area contributed by atoms with E-state index < -0.39 is 11.3 Å². The summed E-state index contributed by atoms with van der Waals surface area (Å²) in [6, 6.07) is 8.12. The van der Waals surface area contributed by atoms with Crippen molar-refractivity contribution >= 4 is 29.1 Å². The average Bonchev–Trinajstić information content (AvgIpc) is 3.19. The Balaban J connectivity index is 1.85. The number of carbonyl (C=O) groups excluding carboxylic acids is 2. The van der Waals surface area contributed by atoms with Crippen LogP contribution in [0.3, 0.4) is 0 Å². The molecule has 42 heavy (non-hydrogen) atoms. The monoisotopic (exact) mass is 591 g/mol. The number of halogens is 1. The maximum absolute atomic E-state index is 14.3. The van der Waals surface area contributed by atoms with Gasteiger partial charge in [-0.05, 0) is 79.0 Å². The van der Waals surface area contributed by atoms with Gasteiger partial charge in [-0.1, -0.05) is 77.8 Å². The van der Waals surface area contributed by atoms with Crippen LogP contribution in [0.25, 0.3) is 0 Å². The first kappa shape index (κ1) is 32.0. The molecule has 1 saturated carbocycles. The molecule has 2 amide bonds. The van der Waals surface area contributed by atoms with Crippen LogP contribution < -0.4 is 4.90 Å². The number of fused-ring (bicyclic) bond motifs is 1. The molecule has 1 atom stereocenters. The Bertz CT molecular complexity index is 1310. The first-order chi connectivity index (χ1) is 20.2. The highest BCUT2D eigenvalue weighted by Gasteiger charge is 2.42. The first-order valence-electron chi connectivity index (χ1n) is 15.8. The largest absolute Gasteiger partial charge is 0.396 e. The van der Waals surface area contributed by atoms with E-state index in [1.807, 2.05) is 30.4 Å². The normalized spacial score (nSPS) is 21.8. The van der Waals surface area contributed by atoms with E-state index in [1.54, 1.807) is 0 Å². The molecule has 2 aliphatic heterocycles. The number of aliphatic hydroxyl groups is 1. The number of imide groups is 1. The molecule has 0 bridgehead atoms. The van der Waals surface area contributed by atoms with Gasteiger partial charge in [0.05, 0.1) is 0 Å². The lowest BCUT2D eigenvalue weighted by Gasteiger charge is -2.35. The van der Waals surface area contributed by atoms with E-state index in [2.05, 4.69) is 38.7 Å². The Hall–Kier alpha value is -2.88. The standard InChI is InChI=1S/C35H46ClN3O3/c1-5-7-12-24(6-2)23-39-33(41)27(32(28(22-37)34(39)42)25-13-9-8-10-14-25)16-18-31-35(3,4)29-21-26(36)15-17-30(29)38(31)19-11-20-40/h15-18,21,24-25,40H,5-14,19-20,23H2,1-4H3/b27-16-,31-18+. The smallest absolute Gasteiger partial charge is 0.271 e. The summed E-state index contributed by atoms with van der Waals surface area (Å²) in [6.45, 7) is 9.55. The highest BCUT2D eigenvalue weighted by Crippen LogP contribution is 2.49. The minimum absolute atomic E-state index is 0.0215. The minimum Gasteiger partial charge on any atom is -0.396 e. The second-order valence-electron chi connectivity index (χ2n) is 12.5. The first-order valence-corrected chi connectivity index (χ1v) is 16.2. The number of aliphatic hydroxyl groups excluding tert-OH is 1. The Kier molecular flexibility index (Phi) is 10.7. The van der Waals surface area contributed by atoms with Crippen LogP contribution >= 0.6 is 11.6 Å². The van der Waals surface area contributed by atoms with E-state index in [9.17, 15) is 20.0 Å². The van der Waals surface area contributed by atoms with Crippen molar-refractivity contribution in [3.05, 3.63) is 63.4 Å². The number of unbranched alkanes of at least 4 members (excludes halogenated alkanes) is 1. The molecule has 0 saturated heterocycles. The molecular formula is C35H46ClN3O3. The summed E-state index contributed by atoms with van der Waals surface area (Å²) in [5.74, 6) is -0.496. The number of nitriles is 1. The Morgan fingerprint density at radius 1 is 1.10 bits per heavy atom. The summed E-state index contributed by atoms with van der Waals surface area (Å²) in [4.78, 5) is 31.5. The topological polar surface area (TPSA) is 84.6 Å². The van der Waals surface area contributed by atoms with Gasteiger partial charge in [-0.3, -0.25) is 14.5 Å². The zero-order valence-electron chi connectivity index (χ0n) is 25.7. The molecule has 0 spiro atoms. The molecule has 6 nitrogen and oxygen atoms in total. The van der Waals surface area contributed by atoms with Crippen LogP contribution in [-0.4, -0.2) is 41.5 Å². The highest BCUT2D eigenvalue weighted by atomic mass is 35.5. The molecule has 1 unspecified atom stereocenters. The molecule has 3 aliphatic rings. The molecule has 2 heterocycles. The number of carbonyl (C=O) groups is 2. The van der Waals surface area contributed by atoms with Crippen molar-refractivity contribution in [1.82, 2.24) is 4.90 Å². The molecular weight excluding hydrogens is 546 g/mol. The average molecular weight is 592 g/mol. The van der Waals surface area contributed by atoms with E-state index in [4.69, 9.17) is 11.6 Å². The van der Waals surface area contributed by atoms with Crippen LogP contribution in [0.2, 0.25) is 5.02 Å². The van der Waals surface area contributed by atoms with Crippen molar-refractivity contribution in [2.24, 2.45) is 11.8 Å². The van der Waals surface area contributed by atoms with Crippen molar-refractivity contribution in [2.45, 2.75) is 97.3 Å². The fraction of sp³-hybridized carbons (Fsp3) is 0.571. The lowest BCUT2D eigenvalue weighted by Crippen LogP contribution is -2.46. The number of anilines is 1. The van der Waals surface area contributed by atoms with Crippen LogP contribution in [0.5, 0.6) is 0 Å². The van der Waals surface area contributed by atoms with E-state index >= 15 is 0 Å². The summed E-state index contributed by atoms with van der Waals surface area (Å²) in [5.41, 5.74) is 3.97. The molecule has 1 N–H and O–H groups in total. The molecule has 1 fully saturated rings. The van der Waals surface area contributed by atoms with Crippen molar-refractivity contribution in [3.63, 3.8) is 0 Å². The van der Waals surface area contributed by atoms with Gasteiger partial charge in [0.25, 0.3) is 11.8 Å².